The van der Waals surface area contributed by atoms with E-state index >= 15 is 0 Å². The zero-order valence-electron chi connectivity index (χ0n) is 12.1. The quantitative estimate of drug-likeness (QED) is 0.364. The van der Waals surface area contributed by atoms with Gasteiger partial charge in [-0.2, -0.15) is 11.8 Å². The number of nitrogens with zero attached hydrogens (tertiary/aromatic N) is 2. The molecule has 1 aromatic rings. The number of oxime groups is 1. The zero-order chi connectivity index (χ0) is 14.4. The van der Waals surface area contributed by atoms with E-state index in [1.54, 1.807) is 0 Å². The standard InChI is InChI=1S/C14H23N3OS/c1-5-11(9-19-4)17(3)12-6-7-13(10(2)8-12)14(15)16-18/h6-8,11,18H,5,9H2,1-4H3,(H2,15,16). The Balaban J connectivity index is 3.00. The number of thioether (sulfide) groups is 1. The van der Waals surface area contributed by atoms with Crippen LogP contribution in [0.15, 0.2) is 23.4 Å². The Morgan fingerprint density at radius 3 is 2.68 bits per heavy atom. The van der Waals surface area contributed by atoms with E-state index in [1.807, 2.05) is 30.8 Å². The molecule has 0 saturated carbocycles. The van der Waals surface area contributed by atoms with Crippen LogP contribution in [0.1, 0.15) is 24.5 Å². The van der Waals surface area contributed by atoms with Crippen molar-refractivity contribution in [2.75, 3.05) is 24.0 Å². The molecule has 1 rings (SSSR count). The van der Waals surface area contributed by atoms with Gasteiger partial charge in [0, 0.05) is 30.1 Å². The molecule has 0 radical (unpaired) electrons. The van der Waals surface area contributed by atoms with E-state index in [4.69, 9.17) is 10.9 Å². The molecule has 1 aromatic carbocycles. The summed E-state index contributed by atoms with van der Waals surface area (Å²) in [5, 5.41) is 11.8. The lowest BCUT2D eigenvalue weighted by Crippen LogP contribution is -2.33. The van der Waals surface area contributed by atoms with E-state index in [0.29, 0.717) is 6.04 Å². The van der Waals surface area contributed by atoms with Crippen molar-refractivity contribution < 1.29 is 5.21 Å². The van der Waals surface area contributed by atoms with Crippen molar-refractivity contribution in [2.24, 2.45) is 10.9 Å². The summed E-state index contributed by atoms with van der Waals surface area (Å²) in [6.07, 6.45) is 3.24. The summed E-state index contributed by atoms with van der Waals surface area (Å²) in [5.41, 5.74) is 8.59. The average Bonchev–Trinajstić information content (AvgIpc) is 2.43. The summed E-state index contributed by atoms with van der Waals surface area (Å²) in [6.45, 7) is 4.18. The largest absolute Gasteiger partial charge is 0.409 e. The molecule has 0 spiro atoms. The summed E-state index contributed by atoms with van der Waals surface area (Å²) in [4.78, 5) is 2.29. The first-order valence-electron chi connectivity index (χ1n) is 6.35. The fourth-order valence-corrected chi connectivity index (χ4v) is 2.96. The molecule has 1 atom stereocenters. The molecule has 0 aromatic heterocycles. The summed E-state index contributed by atoms with van der Waals surface area (Å²) in [7, 11) is 2.11. The molecular weight excluding hydrogens is 258 g/mol. The van der Waals surface area contributed by atoms with E-state index in [2.05, 4.69) is 36.3 Å². The van der Waals surface area contributed by atoms with Gasteiger partial charge < -0.3 is 15.8 Å². The van der Waals surface area contributed by atoms with E-state index in [0.717, 1.165) is 29.0 Å². The van der Waals surface area contributed by atoms with E-state index in [1.165, 1.54) is 0 Å². The first kappa shape index (κ1) is 15.7. The molecule has 4 nitrogen and oxygen atoms in total. The number of hydrogen-bond donors (Lipinski definition) is 2. The summed E-state index contributed by atoms with van der Waals surface area (Å²) in [5.74, 6) is 1.26. The number of benzene rings is 1. The Hall–Kier alpha value is -1.36. The van der Waals surface area contributed by atoms with Crippen molar-refractivity contribution in [1.29, 1.82) is 0 Å². The molecule has 0 bridgehead atoms. The maximum atomic E-state index is 8.74. The number of nitrogens with two attached hydrogens (primary N) is 1. The Kier molecular flexibility index (Phi) is 6.02. The maximum absolute atomic E-state index is 8.74. The third-order valence-corrected chi connectivity index (χ3v) is 4.10. The maximum Gasteiger partial charge on any atom is 0.170 e. The fraction of sp³-hybridized carbons (Fsp3) is 0.500. The summed E-state index contributed by atoms with van der Waals surface area (Å²) < 4.78 is 0. The second kappa shape index (κ2) is 7.28. The van der Waals surface area contributed by atoms with Gasteiger partial charge in [0.15, 0.2) is 5.84 Å². The van der Waals surface area contributed by atoms with Crippen LogP contribution in [0.5, 0.6) is 0 Å². The number of rotatable bonds is 6. The highest BCUT2D eigenvalue weighted by Gasteiger charge is 2.14. The molecule has 0 saturated heterocycles. The molecule has 0 fully saturated rings. The van der Waals surface area contributed by atoms with Crippen LogP contribution in [0.25, 0.3) is 0 Å². The van der Waals surface area contributed by atoms with Gasteiger partial charge in [-0.05, 0) is 43.4 Å². The van der Waals surface area contributed by atoms with Gasteiger partial charge in [-0.25, -0.2) is 0 Å². The predicted octanol–water partition coefficient (Wildman–Crippen LogP) is 2.67. The van der Waals surface area contributed by atoms with Crippen molar-refractivity contribution in [3.05, 3.63) is 29.3 Å². The molecule has 0 aliphatic heterocycles. The van der Waals surface area contributed by atoms with E-state index in [-0.39, 0.29) is 5.84 Å². The molecule has 1 unspecified atom stereocenters. The number of aryl methyl sites for hydroxylation is 1. The summed E-state index contributed by atoms with van der Waals surface area (Å²) in [6, 6.07) is 6.52. The number of amidine groups is 1. The first-order valence-corrected chi connectivity index (χ1v) is 7.74. The van der Waals surface area contributed by atoms with Crippen molar-refractivity contribution in [2.45, 2.75) is 26.3 Å². The van der Waals surface area contributed by atoms with Crippen LogP contribution in [0.3, 0.4) is 0 Å². The Morgan fingerprint density at radius 1 is 1.53 bits per heavy atom. The van der Waals surface area contributed by atoms with Gasteiger partial charge >= 0.3 is 0 Å². The van der Waals surface area contributed by atoms with Crippen molar-refractivity contribution >= 4 is 23.3 Å². The SMILES string of the molecule is CCC(CSC)N(C)c1ccc(/C(N)=N/O)c(C)c1. The Labute approximate surface area is 119 Å². The van der Waals surface area contributed by atoms with Gasteiger partial charge in [-0.15, -0.1) is 0 Å². The molecule has 0 amide bonds. The molecule has 0 heterocycles. The van der Waals surface area contributed by atoms with Crippen molar-refractivity contribution in [3.8, 4) is 0 Å². The second-order valence-electron chi connectivity index (χ2n) is 4.61. The van der Waals surface area contributed by atoms with E-state index in [9.17, 15) is 0 Å². The van der Waals surface area contributed by atoms with E-state index < -0.39 is 0 Å². The lowest BCUT2D eigenvalue weighted by atomic mass is 10.1. The first-order chi connectivity index (χ1) is 9.04. The van der Waals surface area contributed by atoms with Crippen LogP contribution in [0.2, 0.25) is 0 Å². The number of anilines is 1. The van der Waals surface area contributed by atoms with Crippen LogP contribution in [0, 0.1) is 6.92 Å². The molecule has 3 N–H and O–H groups in total. The summed E-state index contributed by atoms with van der Waals surface area (Å²) >= 11 is 1.86. The Bertz CT molecular complexity index is 448. The fourth-order valence-electron chi connectivity index (χ4n) is 2.12. The molecule has 19 heavy (non-hydrogen) atoms. The van der Waals surface area contributed by atoms with Gasteiger partial charge in [0.2, 0.25) is 0 Å². The molecule has 106 valence electrons. The lowest BCUT2D eigenvalue weighted by Gasteiger charge is -2.29. The van der Waals surface area contributed by atoms with Gasteiger partial charge in [0.25, 0.3) is 0 Å². The molecule has 0 aliphatic rings. The third-order valence-electron chi connectivity index (χ3n) is 3.38. The zero-order valence-corrected chi connectivity index (χ0v) is 12.9. The monoisotopic (exact) mass is 281 g/mol. The predicted molar refractivity (Wildman–Crippen MR) is 84.6 cm³/mol. The average molecular weight is 281 g/mol. The van der Waals surface area contributed by atoms with Gasteiger partial charge in [0.1, 0.15) is 0 Å². The van der Waals surface area contributed by atoms with Crippen LogP contribution >= 0.6 is 11.8 Å². The van der Waals surface area contributed by atoms with Gasteiger partial charge in [0.05, 0.1) is 0 Å². The normalized spacial score (nSPS) is 13.4. The Morgan fingerprint density at radius 2 is 2.21 bits per heavy atom. The van der Waals surface area contributed by atoms with Crippen LogP contribution in [0.4, 0.5) is 5.69 Å². The highest BCUT2D eigenvalue weighted by molar-refractivity contribution is 7.98. The topological polar surface area (TPSA) is 61.8 Å². The lowest BCUT2D eigenvalue weighted by molar-refractivity contribution is 0.318. The van der Waals surface area contributed by atoms with Crippen LogP contribution in [-0.2, 0) is 0 Å². The van der Waals surface area contributed by atoms with Gasteiger partial charge in [-0.1, -0.05) is 12.1 Å². The molecular formula is C14H23N3OS. The smallest absolute Gasteiger partial charge is 0.170 e. The highest BCUT2D eigenvalue weighted by Crippen LogP contribution is 2.22. The minimum absolute atomic E-state index is 0.155. The highest BCUT2D eigenvalue weighted by atomic mass is 32.2. The van der Waals surface area contributed by atoms with Crippen molar-refractivity contribution in [3.63, 3.8) is 0 Å². The number of hydrogen-bond acceptors (Lipinski definition) is 4. The van der Waals surface area contributed by atoms with Crippen LogP contribution < -0.4 is 10.6 Å². The molecule has 0 aliphatic carbocycles. The molecule has 5 heteroatoms. The minimum atomic E-state index is 0.155. The minimum Gasteiger partial charge on any atom is -0.409 e. The third kappa shape index (κ3) is 3.80. The second-order valence-corrected chi connectivity index (χ2v) is 5.52. The van der Waals surface area contributed by atoms with Crippen molar-refractivity contribution in [1.82, 2.24) is 0 Å². The van der Waals surface area contributed by atoms with Gasteiger partial charge in [-0.3, -0.25) is 0 Å². The van der Waals surface area contributed by atoms with Crippen LogP contribution in [-0.4, -0.2) is 36.1 Å².